The molecule has 0 aromatic carbocycles. The first-order valence-corrected chi connectivity index (χ1v) is 7.91. The third-order valence-corrected chi connectivity index (χ3v) is 3.76. The van der Waals surface area contributed by atoms with Crippen LogP contribution < -0.4 is 5.56 Å². The Balaban J connectivity index is 2.41. The molecule has 6 nitrogen and oxygen atoms in total. The first kappa shape index (κ1) is 14.7. The van der Waals surface area contributed by atoms with Crippen LogP contribution in [-0.4, -0.2) is 30.6 Å². The number of fused-ring (bicyclic) bond motifs is 1. The van der Waals surface area contributed by atoms with Crippen molar-refractivity contribution in [3.63, 3.8) is 0 Å². The number of halogens is 1. The van der Waals surface area contributed by atoms with E-state index in [0.717, 1.165) is 6.20 Å². The molecule has 0 atom stereocenters. The molecule has 3 rings (SSSR count). The van der Waals surface area contributed by atoms with Gasteiger partial charge in [0.15, 0.2) is 16.6 Å². The number of aromatic nitrogens is 5. The van der Waals surface area contributed by atoms with Gasteiger partial charge in [0, 0.05) is 12.2 Å². The zero-order chi connectivity index (χ0) is 15.9. The van der Waals surface area contributed by atoms with Crippen molar-refractivity contribution in [2.45, 2.75) is 25.0 Å². The normalized spacial score (nSPS) is 11.5. The second kappa shape index (κ2) is 5.53. The van der Waals surface area contributed by atoms with Gasteiger partial charge in [0.25, 0.3) is 5.56 Å². The van der Waals surface area contributed by atoms with Crippen molar-refractivity contribution in [3.8, 4) is 5.82 Å². The summed E-state index contributed by atoms with van der Waals surface area (Å²) < 4.78 is 16.3. The lowest BCUT2D eigenvalue weighted by Gasteiger charge is -2.14. The van der Waals surface area contributed by atoms with Crippen LogP contribution in [0.4, 0.5) is 4.39 Å². The van der Waals surface area contributed by atoms with E-state index in [2.05, 4.69) is 15.0 Å². The predicted octanol–water partition coefficient (Wildman–Crippen LogP) is 2.42. The molecule has 0 spiro atoms. The van der Waals surface area contributed by atoms with E-state index in [-0.39, 0.29) is 11.6 Å². The Bertz CT molecular complexity index is 885. The van der Waals surface area contributed by atoms with Gasteiger partial charge in [0.2, 0.25) is 0 Å². The lowest BCUT2D eigenvalue weighted by atomic mass is 10.4. The summed E-state index contributed by atoms with van der Waals surface area (Å²) in [4.78, 5) is 25.2. The van der Waals surface area contributed by atoms with Crippen LogP contribution in [0.2, 0.25) is 0 Å². The highest BCUT2D eigenvalue weighted by atomic mass is 32.2. The molecule has 114 valence electrons. The molecule has 22 heavy (non-hydrogen) atoms. The van der Waals surface area contributed by atoms with Crippen molar-refractivity contribution in [2.75, 3.05) is 6.26 Å². The monoisotopic (exact) mass is 319 g/mol. The van der Waals surface area contributed by atoms with Crippen LogP contribution in [0.15, 0.2) is 34.5 Å². The third kappa shape index (κ3) is 2.29. The van der Waals surface area contributed by atoms with Crippen molar-refractivity contribution in [1.29, 1.82) is 0 Å². The minimum Gasteiger partial charge on any atom is -0.267 e. The average molecular weight is 319 g/mol. The van der Waals surface area contributed by atoms with Crippen molar-refractivity contribution in [3.05, 3.63) is 40.7 Å². The Hall–Kier alpha value is -2.22. The Morgan fingerprint density at radius 2 is 2.00 bits per heavy atom. The van der Waals surface area contributed by atoms with Gasteiger partial charge in [-0.25, -0.2) is 28.7 Å². The summed E-state index contributed by atoms with van der Waals surface area (Å²) in [5, 5.41) is 0.974. The Kier molecular flexibility index (Phi) is 3.69. The zero-order valence-electron chi connectivity index (χ0n) is 12.3. The van der Waals surface area contributed by atoms with Crippen LogP contribution in [0.5, 0.6) is 0 Å². The SMILES string of the molecule is CSc1ncc2c(=O)n(C(C)C)n(-c3ccc(F)cn3)c2n1. The van der Waals surface area contributed by atoms with Crippen molar-refractivity contribution < 1.29 is 4.39 Å². The molecule has 0 N–H and O–H groups in total. The Labute approximate surface area is 130 Å². The van der Waals surface area contributed by atoms with Gasteiger partial charge in [-0.3, -0.25) is 4.79 Å². The third-order valence-electron chi connectivity index (χ3n) is 3.20. The molecule has 0 aliphatic rings. The van der Waals surface area contributed by atoms with Gasteiger partial charge >= 0.3 is 0 Å². The predicted molar refractivity (Wildman–Crippen MR) is 83.0 cm³/mol. The lowest BCUT2D eigenvalue weighted by molar-refractivity contribution is 0.470. The fourth-order valence-electron chi connectivity index (χ4n) is 2.26. The Morgan fingerprint density at radius 1 is 1.23 bits per heavy atom. The smallest absolute Gasteiger partial charge is 0.267 e. The van der Waals surface area contributed by atoms with Crippen LogP contribution >= 0.6 is 11.8 Å². The summed E-state index contributed by atoms with van der Waals surface area (Å²) >= 11 is 1.39. The first-order valence-electron chi connectivity index (χ1n) is 6.69. The molecule has 0 amide bonds. The van der Waals surface area contributed by atoms with E-state index in [4.69, 9.17) is 0 Å². The van der Waals surface area contributed by atoms with Crippen LogP contribution in [0.3, 0.4) is 0 Å². The molecule has 3 aromatic heterocycles. The molecule has 0 saturated carbocycles. The summed E-state index contributed by atoms with van der Waals surface area (Å²) in [7, 11) is 0. The summed E-state index contributed by atoms with van der Waals surface area (Å²) in [6.07, 6.45) is 4.50. The number of hydrogen-bond donors (Lipinski definition) is 0. The first-order chi connectivity index (χ1) is 10.5. The molecule has 0 fully saturated rings. The highest BCUT2D eigenvalue weighted by molar-refractivity contribution is 7.98. The summed E-state index contributed by atoms with van der Waals surface area (Å²) in [5.74, 6) is 0.00559. The average Bonchev–Trinajstić information content (AvgIpc) is 2.80. The maximum atomic E-state index is 13.1. The highest BCUT2D eigenvalue weighted by Gasteiger charge is 2.19. The van der Waals surface area contributed by atoms with E-state index in [9.17, 15) is 9.18 Å². The molecule has 0 bridgehead atoms. The van der Waals surface area contributed by atoms with Crippen LogP contribution in [-0.2, 0) is 0 Å². The topological polar surface area (TPSA) is 65.6 Å². The zero-order valence-corrected chi connectivity index (χ0v) is 13.1. The summed E-state index contributed by atoms with van der Waals surface area (Å²) in [5.41, 5.74) is 0.279. The standard InChI is InChI=1S/C14H14FN5OS/c1-8(2)19-13(21)10-7-17-14(22-3)18-12(10)20(19)11-5-4-9(15)6-16-11/h4-8H,1-3H3. The van der Waals surface area contributed by atoms with E-state index in [1.165, 1.54) is 30.1 Å². The Morgan fingerprint density at radius 3 is 2.59 bits per heavy atom. The van der Waals surface area contributed by atoms with Gasteiger partial charge in [0.05, 0.1) is 6.20 Å². The molecule has 0 aliphatic heterocycles. The number of pyridine rings is 1. The minimum atomic E-state index is -0.432. The van der Waals surface area contributed by atoms with E-state index in [0.29, 0.717) is 22.0 Å². The van der Waals surface area contributed by atoms with Crippen LogP contribution in [0.25, 0.3) is 16.9 Å². The van der Waals surface area contributed by atoms with Gasteiger partial charge in [-0.2, -0.15) is 0 Å². The molecule has 0 unspecified atom stereocenters. The molecule has 3 heterocycles. The van der Waals surface area contributed by atoms with Crippen LogP contribution in [0.1, 0.15) is 19.9 Å². The van der Waals surface area contributed by atoms with Crippen molar-refractivity contribution in [1.82, 2.24) is 24.3 Å². The van der Waals surface area contributed by atoms with Gasteiger partial charge < -0.3 is 0 Å². The lowest BCUT2D eigenvalue weighted by Crippen LogP contribution is -2.24. The van der Waals surface area contributed by atoms with Crippen molar-refractivity contribution in [2.24, 2.45) is 0 Å². The second-order valence-electron chi connectivity index (χ2n) is 4.98. The molecule has 3 aromatic rings. The fraction of sp³-hybridized carbons (Fsp3) is 0.286. The molecular weight excluding hydrogens is 305 g/mol. The van der Waals surface area contributed by atoms with Gasteiger partial charge in [0.1, 0.15) is 11.2 Å². The minimum absolute atomic E-state index is 0.105. The summed E-state index contributed by atoms with van der Waals surface area (Å²) in [6.45, 7) is 3.78. The fourth-order valence-corrected chi connectivity index (χ4v) is 2.60. The number of thioether (sulfide) groups is 1. The van der Waals surface area contributed by atoms with E-state index < -0.39 is 5.82 Å². The molecule has 0 aliphatic carbocycles. The maximum Gasteiger partial charge on any atom is 0.278 e. The second-order valence-corrected chi connectivity index (χ2v) is 5.76. The number of nitrogens with zero attached hydrogens (tertiary/aromatic N) is 5. The van der Waals surface area contributed by atoms with Gasteiger partial charge in [-0.05, 0) is 32.2 Å². The van der Waals surface area contributed by atoms with Crippen LogP contribution in [0, 0.1) is 5.82 Å². The largest absolute Gasteiger partial charge is 0.278 e. The maximum absolute atomic E-state index is 13.1. The number of rotatable bonds is 3. The highest BCUT2D eigenvalue weighted by Crippen LogP contribution is 2.19. The van der Waals surface area contributed by atoms with Gasteiger partial charge in [-0.15, -0.1) is 0 Å². The van der Waals surface area contributed by atoms with Gasteiger partial charge in [-0.1, -0.05) is 11.8 Å². The van der Waals surface area contributed by atoms with E-state index in [1.54, 1.807) is 9.36 Å². The number of hydrogen-bond acceptors (Lipinski definition) is 5. The summed E-state index contributed by atoms with van der Waals surface area (Å²) in [6, 6.07) is 2.72. The van der Waals surface area contributed by atoms with E-state index >= 15 is 0 Å². The molecule has 8 heteroatoms. The molecular formula is C14H14FN5OS. The molecule has 0 radical (unpaired) electrons. The quantitative estimate of drug-likeness (QED) is 0.548. The molecule has 0 saturated heterocycles. The van der Waals surface area contributed by atoms with Crippen molar-refractivity contribution >= 4 is 22.8 Å². The van der Waals surface area contributed by atoms with E-state index in [1.807, 2.05) is 20.1 Å².